The zero-order valence-corrected chi connectivity index (χ0v) is 23.4. The summed E-state index contributed by atoms with van der Waals surface area (Å²) in [5.74, 6) is 0.850. The molecule has 0 spiro atoms. The lowest BCUT2D eigenvalue weighted by Gasteiger charge is -2.17. The van der Waals surface area contributed by atoms with Gasteiger partial charge in [0.05, 0.1) is 11.5 Å². The molecule has 1 aromatic rings. The van der Waals surface area contributed by atoms with Crippen LogP contribution >= 0.6 is 0 Å². The highest BCUT2D eigenvalue weighted by atomic mass is 32.2. The number of hydrogen-bond acceptors (Lipinski definition) is 3. The van der Waals surface area contributed by atoms with Gasteiger partial charge < -0.3 is 4.74 Å². The van der Waals surface area contributed by atoms with E-state index in [2.05, 4.69) is 6.92 Å². The zero-order valence-electron chi connectivity index (χ0n) is 22.5. The van der Waals surface area contributed by atoms with Crippen molar-refractivity contribution in [2.24, 2.45) is 0 Å². The summed E-state index contributed by atoms with van der Waals surface area (Å²) in [7, 11) is -4.22. The van der Waals surface area contributed by atoms with Gasteiger partial charge in [0.15, 0.2) is 0 Å². The molecule has 0 amide bonds. The molecule has 1 rings (SSSR count). The highest BCUT2D eigenvalue weighted by Crippen LogP contribution is 2.32. The molecule has 0 aliphatic rings. The second kappa shape index (κ2) is 18.2. The van der Waals surface area contributed by atoms with E-state index in [1.165, 1.54) is 96.3 Å². The second-order valence-electron chi connectivity index (χ2n) is 10.3. The van der Waals surface area contributed by atoms with Gasteiger partial charge in [0.25, 0.3) is 10.1 Å². The average Bonchev–Trinajstić information content (AvgIpc) is 2.77. The van der Waals surface area contributed by atoms with Crippen LogP contribution in [0.15, 0.2) is 17.0 Å². The van der Waals surface area contributed by atoms with Crippen LogP contribution in [-0.2, 0) is 10.1 Å². The Morgan fingerprint density at radius 1 is 0.735 bits per heavy atom. The first kappa shape index (κ1) is 31.0. The van der Waals surface area contributed by atoms with Crippen LogP contribution in [0.3, 0.4) is 0 Å². The van der Waals surface area contributed by atoms with Crippen molar-refractivity contribution in [2.75, 3.05) is 6.61 Å². The van der Waals surface area contributed by atoms with E-state index >= 15 is 0 Å². The summed E-state index contributed by atoms with van der Waals surface area (Å²) < 4.78 is 38.6. The van der Waals surface area contributed by atoms with E-state index in [1.54, 1.807) is 19.1 Å². The summed E-state index contributed by atoms with van der Waals surface area (Å²) in [5.41, 5.74) is 1.34. The number of ether oxygens (including phenoxy) is 1. The number of aryl methyl sites for hydroxylation is 1. The van der Waals surface area contributed by atoms with E-state index in [0.717, 1.165) is 24.2 Å². The van der Waals surface area contributed by atoms with Crippen molar-refractivity contribution < 1.29 is 17.7 Å². The van der Waals surface area contributed by atoms with Crippen molar-refractivity contribution in [3.05, 3.63) is 23.3 Å². The van der Waals surface area contributed by atoms with Crippen LogP contribution < -0.4 is 4.74 Å². The molecule has 1 N–H and O–H groups in total. The molecule has 0 atom stereocenters. The first-order valence-electron chi connectivity index (χ1n) is 14.0. The van der Waals surface area contributed by atoms with Crippen molar-refractivity contribution in [2.45, 2.75) is 148 Å². The molecule has 5 heteroatoms. The van der Waals surface area contributed by atoms with E-state index in [4.69, 9.17) is 4.74 Å². The van der Waals surface area contributed by atoms with Crippen LogP contribution in [0.25, 0.3) is 0 Å². The van der Waals surface area contributed by atoms with E-state index < -0.39 is 10.1 Å². The molecule has 4 nitrogen and oxygen atoms in total. The van der Waals surface area contributed by atoms with Gasteiger partial charge in [0, 0.05) is 0 Å². The molecule has 198 valence electrons. The fourth-order valence-electron chi connectivity index (χ4n) is 4.54. The van der Waals surface area contributed by atoms with Gasteiger partial charge in [-0.15, -0.1) is 0 Å². The molecule has 0 bridgehead atoms. The second-order valence-corrected chi connectivity index (χ2v) is 11.7. The number of hydrogen-bond donors (Lipinski definition) is 1. The molecule has 1 aromatic carbocycles. The summed E-state index contributed by atoms with van der Waals surface area (Å²) in [6.45, 7) is 8.61. The number of benzene rings is 1. The lowest BCUT2D eigenvalue weighted by molar-refractivity contribution is 0.300. The first-order chi connectivity index (χ1) is 16.3. The van der Waals surface area contributed by atoms with Gasteiger partial charge in [-0.2, -0.15) is 8.42 Å². The van der Waals surface area contributed by atoms with Gasteiger partial charge >= 0.3 is 0 Å². The predicted molar refractivity (Wildman–Crippen MR) is 145 cm³/mol. The Morgan fingerprint density at radius 3 is 1.53 bits per heavy atom. The molecule has 0 saturated heterocycles. The maximum Gasteiger partial charge on any atom is 0.294 e. The highest BCUT2D eigenvalue weighted by Gasteiger charge is 2.19. The minimum absolute atomic E-state index is 0.0265. The van der Waals surface area contributed by atoms with Crippen LogP contribution in [0, 0.1) is 6.92 Å². The Hall–Kier alpha value is -1.07. The topological polar surface area (TPSA) is 63.6 Å². The molecule has 0 saturated carbocycles. The molecule has 0 aromatic heterocycles. The third-order valence-corrected chi connectivity index (χ3v) is 7.71. The van der Waals surface area contributed by atoms with Crippen LogP contribution in [0.4, 0.5) is 0 Å². The average molecular weight is 497 g/mol. The Morgan fingerprint density at radius 2 is 1.15 bits per heavy atom. The van der Waals surface area contributed by atoms with Crippen molar-refractivity contribution >= 4 is 10.1 Å². The molecule has 0 unspecified atom stereocenters. The lowest BCUT2D eigenvalue weighted by Crippen LogP contribution is -2.07. The fourth-order valence-corrected chi connectivity index (χ4v) is 5.28. The van der Waals surface area contributed by atoms with Gasteiger partial charge in [-0.05, 0) is 42.5 Å². The van der Waals surface area contributed by atoms with Gasteiger partial charge in [-0.1, -0.05) is 124 Å². The van der Waals surface area contributed by atoms with Gasteiger partial charge in [-0.25, -0.2) is 0 Å². The number of rotatable bonds is 21. The SMILES string of the molecule is CCCCCCCCCCCCCCCCCCCOc1cc(C)c(S(=O)(=O)O)cc1C(C)C. The maximum atomic E-state index is 11.6. The van der Waals surface area contributed by atoms with E-state index in [0.29, 0.717) is 12.2 Å². The van der Waals surface area contributed by atoms with Crippen LogP contribution in [0.5, 0.6) is 5.75 Å². The minimum Gasteiger partial charge on any atom is -0.493 e. The van der Waals surface area contributed by atoms with Crippen molar-refractivity contribution in [1.82, 2.24) is 0 Å². The lowest BCUT2D eigenvalue weighted by atomic mass is 10.0. The fraction of sp³-hybridized carbons (Fsp3) is 0.793. The molecular weight excluding hydrogens is 444 g/mol. The van der Waals surface area contributed by atoms with Crippen molar-refractivity contribution in [3.8, 4) is 5.75 Å². The van der Waals surface area contributed by atoms with Crippen molar-refractivity contribution in [3.63, 3.8) is 0 Å². The Kier molecular flexibility index (Phi) is 16.6. The third-order valence-electron chi connectivity index (χ3n) is 6.71. The Bertz CT molecular complexity index is 756. The van der Waals surface area contributed by atoms with Gasteiger partial charge in [0.2, 0.25) is 0 Å². The van der Waals surface area contributed by atoms with Crippen LogP contribution in [0.1, 0.15) is 147 Å². The normalized spacial score (nSPS) is 11.9. The molecule has 34 heavy (non-hydrogen) atoms. The summed E-state index contributed by atoms with van der Waals surface area (Å²) in [4.78, 5) is -0.0265. The first-order valence-corrected chi connectivity index (χ1v) is 15.5. The summed E-state index contributed by atoms with van der Waals surface area (Å²) in [5, 5.41) is 0. The van der Waals surface area contributed by atoms with E-state index in [9.17, 15) is 13.0 Å². The molecular formula is C29H52O4S. The highest BCUT2D eigenvalue weighted by molar-refractivity contribution is 7.85. The molecule has 0 heterocycles. The Labute approximate surface area is 211 Å². The zero-order chi connectivity index (χ0) is 25.2. The van der Waals surface area contributed by atoms with Gasteiger partial charge in [0.1, 0.15) is 5.75 Å². The molecule has 0 aliphatic heterocycles. The smallest absolute Gasteiger partial charge is 0.294 e. The quantitative estimate of drug-likeness (QED) is 0.136. The Balaban J connectivity index is 2.06. The monoisotopic (exact) mass is 496 g/mol. The molecule has 0 radical (unpaired) electrons. The summed E-state index contributed by atoms with van der Waals surface area (Å²) in [6, 6.07) is 3.30. The largest absolute Gasteiger partial charge is 0.493 e. The summed E-state index contributed by atoms with van der Waals surface area (Å²) in [6.07, 6.45) is 22.9. The van der Waals surface area contributed by atoms with Crippen molar-refractivity contribution in [1.29, 1.82) is 0 Å². The van der Waals surface area contributed by atoms with Gasteiger partial charge in [-0.3, -0.25) is 4.55 Å². The minimum atomic E-state index is -4.22. The van der Waals surface area contributed by atoms with Crippen LogP contribution in [-0.4, -0.2) is 19.6 Å². The van der Waals surface area contributed by atoms with E-state index in [-0.39, 0.29) is 10.8 Å². The van der Waals surface area contributed by atoms with Crippen LogP contribution in [0.2, 0.25) is 0 Å². The maximum absolute atomic E-state index is 11.6. The standard InChI is InChI=1S/C29H52O4S/c1-5-6-7-8-9-10-11-12-13-14-15-16-17-18-19-20-21-22-33-28-23-26(4)29(34(30,31)32)24-27(28)25(2)3/h23-25H,5-22H2,1-4H3,(H,30,31,32). The van der Waals surface area contributed by atoms with E-state index in [1.807, 2.05) is 13.8 Å². The predicted octanol–water partition coefficient (Wildman–Crippen LogP) is 9.40. The summed E-state index contributed by atoms with van der Waals surface area (Å²) >= 11 is 0. The number of unbranched alkanes of at least 4 members (excludes halogenated alkanes) is 16. The molecule has 0 aliphatic carbocycles. The molecule has 0 fully saturated rings. The third kappa shape index (κ3) is 13.7.